The number of amides is 1. The van der Waals surface area contributed by atoms with Crippen LogP contribution in [0.5, 0.6) is 0 Å². The third kappa shape index (κ3) is 3.77. The Morgan fingerprint density at radius 2 is 1.87 bits per heavy atom. The van der Waals surface area contributed by atoms with Crippen LogP contribution >= 0.6 is 11.6 Å². The molecule has 0 saturated heterocycles. The number of halogens is 2. The molecule has 6 nitrogen and oxygen atoms in total. The second-order valence-electron chi connectivity index (χ2n) is 7.09. The lowest BCUT2D eigenvalue weighted by atomic mass is 10.1. The van der Waals surface area contributed by atoms with E-state index in [2.05, 4.69) is 0 Å². The van der Waals surface area contributed by atoms with Gasteiger partial charge >= 0.3 is 5.69 Å². The summed E-state index contributed by atoms with van der Waals surface area (Å²) < 4.78 is 15.9. The summed E-state index contributed by atoms with van der Waals surface area (Å²) >= 11 is 5.88. The molecule has 3 aromatic rings. The van der Waals surface area contributed by atoms with Crippen LogP contribution in [0.4, 0.5) is 4.39 Å². The predicted molar refractivity (Wildman–Crippen MR) is 116 cm³/mol. The van der Waals surface area contributed by atoms with Gasteiger partial charge in [0.05, 0.1) is 21.6 Å². The van der Waals surface area contributed by atoms with E-state index in [1.54, 1.807) is 36.2 Å². The fourth-order valence-corrected chi connectivity index (χ4v) is 3.78. The van der Waals surface area contributed by atoms with Crippen LogP contribution in [0.25, 0.3) is 16.6 Å². The first-order chi connectivity index (χ1) is 14.3. The van der Waals surface area contributed by atoms with Gasteiger partial charge in [-0.15, -0.1) is 0 Å². The molecule has 3 rings (SSSR count). The Labute approximate surface area is 178 Å². The summed E-state index contributed by atoms with van der Waals surface area (Å²) in [5.41, 5.74) is -0.715. The molecule has 1 amide bonds. The van der Waals surface area contributed by atoms with Crippen molar-refractivity contribution in [2.24, 2.45) is 0 Å². The molecular weight excluding hydrogens is 409 g/mol. The van der Waals surface area contributed by atoms with Gasteiger partial charge in [-0.25, -0.2) is 13.8 Å². The molecule has 0 saturated carbocycles. The van der Waals surface area contributed by atoms with E-state index in [1.807, 2.05) is 13.8 Å². The fraction of sp³-hybridized carbons (Fsp3) is 0.318. The lowest BCUT2D eigenvalue weighted by Crippen LogP contribution is -2.44. The van der Waals surface area contributed by atoms with Crippen molar-refractivity contribution in [2.45, 2.75) is 32.7 Å². The molecule has 0 bridgehead atoms. The minimum absolute atomic E-state index is 0.139. The molecule has 0 N–H and O–H groups in total. The number of aromatic nitrogens is 2. The van der Waals surface area contributed by atoms with Crippen molar-refractivity contribution < 1.29 is 9.18 Å². The number of likely N-dealkylation sites (N-methyl/N-ethyl adjacent to an activating group) is 1. The van der Waals surface area contributed by atoms with Gasteiger partial charge in [0.1, 0.15) is 11.9 Å². The Morgan fingerprint density at radius 3 is 2.50 bits per heavy atom. The summed E-state index contributed by atoms with van der Waals surface area (Å²) in [6.45, 7) is 4.33. The summed E-state index contributed by atoms with van der Waals surface area (Å²) in [6, 6.07) is 9.50. The van der Waals surface area contributed by atoms with Crippen molar-refractivity contribution in [3.63, 3.8) is 0 Å². The van der Waals surface area contributed by atoms with Crippen molar-refractivity contribution in [3.05, 3.63) is 74.1 Å². The highest BCUT2D eigenvalue weighted by atomic mass is 35.5. The number of hydrogen-bond acceptors (Lipinski definition) is 3. The standard InChI is InChI=1S/C22H23ClFN3O3/c1-4-12-25(3)21(29)18(5-2)27-19-9-7-6-8-15(19)20(28)26(22(27)30)14-10-11-17(24)16(23)13-14/h6-11,13,18H,4-5,12H2,1-3H3. The summed E-state index contributed by atoms with van der Waals surface area (Å²) in [5, 5.41) is 0.0752. The molecule has 1 aromatic heterocycles. The molecule has 0 aliphatic heterocycles. The maximum Gasteiger partial charge on any atom is 0.336 e. The number of benzene rings is 2. The SMILES string of the molecule is CCCN(C)C(=O)C(CC)n1c(=O)n(-c2ccc(F)c(Cl)c2)c(=O)c2ccccc21. The van der Waals surface area contributed by atoms with Gasteiger partial charge in [0.15, 0.2) is 0 Å². The van der Waals surface area contributed by atoms with E-state index in [1.165, 1.54) is 16.7 Å². The molecule has 1 atom stereocenters. The summed E-state index contributed by atoms with van der Waals surface area (Å²) in [7, 11) is 1.69. The zero-order valence-electron chi connectivity index (χ0n) is 17.1. The molecule has 0 spiro atoms. The highest BCUT2D eigenvalue weighted by molar-refractivity contribution is 6.30. The van der Waals surface area contributed by atoms with Gasteiger partial charge in [-0.3, -0.25) is 14.2 Å². The summed E-state index contributed by atoms with van der Waals surface area (Å²) in [4.78, 5) is 41.3. The van der Waals surface area contributed by atoms with Crippen LogP contribution in [0.1, 0.15) is 32.7 Å². The van der Waals surface area contributed by atoms with Crippen molar-refractivity contribution in [3.8, 4) is 5.69 Å². The maximum absolute atomic E-state index is 13.6. The molecule has 2 aromatic carbocycles. The van der Waals surface area contributed by atoms with Crippen molar-refractivity contribution in [1.29, 1.82) is 0 Å². The fourth-order valence-electron chi connectivity index (χ4n) is 3.60. The van der Waals surface area contributed by atoms with E-state index >= 15 is 0 Å². The van der Waals surface area contributed by atoms with Crippen LogP contribution in [0, 0.1) is 5.82 Å². The van der Waals surface area contributed by atoms with Gasteiger partial charge in [-0.05, 0) is 43.2 Å². The van der Waals surface area contributed by atoms with Gasteiger partial charge in [-0.1, -0.05) is 37.6 Å². The average molecular weight is 432 g/mol. The molecule has 158 valence electrons. The smallest absolute Gasteiger partial charge is 0.336 e. The predicted octanol–water partition coefficient (Wildman–Crippen LogP) is 3.76. The molecule has 1 heterocycles. The molecular formula is C22H23ClFN3O3. The maximum atomic E-state index is 13.6. The summed E-state index contributed by atoms with van der Waals surface area (Å²) in [6.07, 6.45) is 1.14. The highest BCUT2D eigenvalue weighted by Gasteiger charge is 2.27. The molecule has 8 heteroatoms. The van der Waals surface area contributed by atoms with E-state index < -0.39 is 23.1 Å². The van der Waals surface area contributed by atoms with Gasteiger partial charge in [0, 0.05) is 13.6 Å². The molecule has 1 unspecified atom stereocenters. The number of rotatable bonds is 6. The van der Waals surface area contributed by atoms with Crippen LogP contribution < -0.4 is 11.2 Å². The number of carbonyl (C=O) groups is 1. The van der Waals surface area contributed by atoms with Gasteiger partial charge in [0.25, 0.3) is 5.56 Å². The Balaban J connectivity index is 2.36. The normalized spacial score (nSPS) is 12.2. The second kappa shape index (κ2) is 8.83. The average Bonchev–Trinajstić information content (AvgIpc) is 2.73. The molecule has 0 aliphatic rings. The zero-order valence-corrected chi connectivity index (χ0v) is 17.8. The monoisotopic (exact) mass is 431 g/mol. The van der Waals surface area contributed by atoms with Crippen LogP contribution in [-0.2, 0) is 4.79 Å². The largest absolute Gasteiger partial charge is 0.344 e. The van der Waals surface area contributed by atoms with E-state index in [4.69, 9.17) is 11.6 Å². The van der Waals surface area contributed by atoms with E-state index in [0.29, 0.717) is 18.5 Å². The second-order valence-corrected chi connectivity index (χ2v) is 7.50. The third-order valence-corrected chi connectivity index (χ3v) is 5.36. The van der Waals surface area contributed by atoms with Gasteiger partial charge in [-0.2, -0.15) is 0 Å². The molecule has 0 fully saturated rings. The Bertz CT molecular complexity index is 1220. The quantitative estimate of drug-likeness (QED) is 0.597. The molecule has 0 aliphatic carbocycles. The lowest BCUT2D eigenvalue weighted by molar-refractivity contribution is -0.133. The number of carbonyl (C=O) groups excluding carboxylic acids is 1. The van der Waals surface area contributed by atoms with Crippen LogP contribution in [0.3, 0.4) is 0 Å². The Hall–Kier alpha value is -2.93. The van der Waals surface area contributed by atoms with Crippen molar-refractivity contribution >= 4 is 28.4 Å². The van der Waals surface area contributed by atoms with E-state index in [-0.39, 0.29) is 22.0 Å². The Morgan fingerprint density at radius 1 is 1.17 bits per heavy atom. The van der Waals surface area contributed by atoms with Crippen molar-refractivity contribution in [2.75, 3.05) is 13.6 Å². The third-order valence-electron chi connectivity index (χ3n) is 5.07. The van der Waals surface area contributed by atoms with E-state index in [9.17, 15) is 18.8 Å². The van der Waals surface area contributed by atoms with Crippen molar-refractivity contribution in [1.82, 2.24) is 14.0 Å². The minimum atomic E-state index is -0.790. The highest BCUT2D eigenvalue weighted by Crippen LogP contribution is 2.21. The number of para-hydroxylation sites is 1. The molecule has 30 heavy (non-hydrogen) atoms. The van der Waals surface area contributed by atoms with Gasteiger partial charge in [0.2, 0.25) is 5.91 Å². The number of nitrogens with zero attached hydrogens (tertiary/aromatic N) is 3. The first-order valence-electron chi connectivity index (χ1n) is 9.78. The topological polar surface area (TPSA) is 64.3 Å². The van der Waals surface area contributed by atoms with Gasteiger partial charge < -0.3 is 4.90 Å². The summed E-state index contributed by atoms with van der Waals surface area (Å²) in [5.74, 6) is -0.869. The van der Waals surface area contributed by atoms with Crippen LogP contribution in [-0.4, -0.2) is 33.5 Å². The Kier molecular flexibility index (Phi) is 6.41. The lowest BCUT2D eigenvalue weighted by Gasteiger charge is -2.26. The number of fused-ring (bicyclic) bond motifs is 1. The van der Waals surface area contributed by atoms with Crippen LogP contribution in [0.2, 0.25) is 5.02 Å². The minimum Gasteiger partial charge on any atom is -0.344 e. The van der Waals surface area contributed by atoms with E-state index in [0.717, 1.165) is 17.1 Å². The first kappa shape index (κ1) is 21.8. The van der Waals surface area contributed by atoms with Crippen LogP contribution in [0.15, 0.2) is 52.1 Å². The zero-order chi connectivity index (χ0) is 22.0. The first-order valence-corrected chi connectivity index (χ1v) is 10.2. The number of hydrogen-bond donors (Lipinski definition) is 0. The molecule has 0 radical (unpaired) electrons.